The van der Waals surface area contributed by atoms with Gasteiger partial charge in [0.1, 0.15) is 18.1 Å². The Bertz CT molecular complexity index is 930. The van der Waals surface area contributed by atoms with Gasteiger partial charge in [0.25, 0.3) is 0 Å². The molecule has 0 saturated heterocycles. The SMILES string of the molecule is COc1ccc(Cl)cc1NC(=O)Nc1ccc2c(c1)OCC(C)(C)C(=O)N2C. The van der Waals surface area contributed by atoms with Gasteiger partial charge < -0.3 is 25.0 Å². The van der Waals surface area contributed by atoms with Crippen LogP contribution in [0.1, 0.15) is 13.8 Å². The van der Waals surface area contributed by atoms with E-state index in [0.29, 0.717) is 33.6 Å². The summed E-state index contributed by atoms with van der Waals surface area (Å²) in [6, 6.07) is 9.62. The molecule has 2 aromatic carbocycles. The lowest BCUT2D eigenvalue weighted by atomic mass is 9.93. The lowest BCUT2D eigenvalue weighted by Gasteiger charge is -2.24. The number of amides is 3. The molecule has 0 aliphatic carbocycles. The molecule has 1 aliphatic heterocycles. The number of benzene rings is 2. The van der Waals surface area contributed by atoms with Crippen LogP contribution < -0.4 is 25.0 Å². The van der Waals surface area contributed by atoms with Gasteiger partial charge in [-0.3, -0.25) is 4.79 Å². The number of halogens is 1. The number of hydrogen-bond acceptors (Lipinski definition) is 4. The highest BCUT2D eigenvalue weighted by Gasteiger charge is 2.36. The van der Waals surface area contributed by atoms with E-state index in [1.807, 2.05) is 13.8 Å². The highest BCUT2D eigenvalue weighted by molar-refractivity contribution is 6.31. The second kappa shape index (κ2) is 7.59. The van der Waals surface area contributed by atoms with Crippen LogP contribution in [0.4, 0.5) is 21.9 Å². The number of fused-ring (bicyclic) bond motifs is 1. The molecule has 0 fully saturated rings. The number of hydrogen-bond donors (Lipinski definition) is 2. The van der Waals surface area contributed by atoms with Crippen LogP contribution in [0.2, 0.25) is 5.02 Å². The molecule has 0 aromatic heterocycles. The summed E-state index contributed by atoms with van der Waals surface area (Å²) in [5.74, 6) is 0.990. The van der Waals surface area contributed by atoms with E-state index in [4.69, 9.17) is 21.1 Å². The van der Waals surface area contributed by atoms with Gasteiger partial charge in [-0.15, -0.1) is 0 Å². The standard InChI is InChI=1S/C20H22ClN3O4/c1-20(2)11-28-17-10-13(6-7-15(17)24(3)18(20)25)22-19(26)23-14-9-12(21)5-8-16(14)27-4/h5-10H,11H2,1-4H3,(H2,22,23,26). The summed E-state index contributed by atoms with van der Waals surface area (Å²) in [6.45, 7) is 3.92. The second-order valence-electron chi connectivity index (χ2n) is 7.14. The Labute approximate surface area is 168 Å². The van der Waals surface area contributed by atoms with Gasteiger partial charge in [-0.25, -0.2) is 4.79 Å². The van der Waals surface area contributed by atoms with Gasteiger partial charge in [0.15, 0.2) is 0 Å². The lowest BCUT2D eigenvalue weighted by Crippen LogP contribution is -2.39. The first kappa shape index (κ1) is 19.8. The monoisotopic (exact) mass is 403 g/mol. The Morgan fingerprint density at radius 3 is 2.68 bits per heavy atom. The number of carbonyl (C=O) groups excluding carboxylic acids is 2. The van der Waals surface area contributed by atoms with Crippen LogP contribution in [0.3, 0.4) is 0 Å². The van der Waals surface area contributed by atoms with Crippen LogP contribution in [-0.2, 0) is 4.79 Å². The zero-order chi connectivity index (χ0) is 20.5. The number of methoxy groups -OCH3 is 1. The van der Waals surface area contributed by atoms with Crippen molar-refractivity contribution in [1.29, 1.82) is 0 Å². The molecule has 1 aliphatic rings. The average molecular weight is 404 g/mol. The van der Waals surface area contributed by atoms with Crippen molar-refractivity contribution in [2.24, 2.45) is 5.41 Å². The zero-order valence-electron chi connectivity index (χ0n) is 16.1. The van der Waals surface area contributed by atoms with Gasteiger partial charge in [-0.1, -0.05) is 11.6 Å². The number of rotatable bonds is 3. The van der Waals surface area contributed by atoms with E-state index < -0.39 is 11.4 Å². The quantitative estimate of drug-likeness (QED) is 0.797. The van der Waals surface area contributed by atoms with E-state index in [9.17, 15) is 9.59 Å². The van der Waals surface area contributed by atoms with Crippen LogP contribution in [0.15, 0.2) is 36.4 Å². The number of nitrogens with zero attached hydrogens (tertiary/aromatic N) is 1. The van der Waals surface area contributed by atoms with Crippen molar-refractivity contribution in [2.45, 2.75) is 13.8 Å². The van der Waals surface area contributed by atoms with E-state index in [2.05, 4.69) is 10.6 Å². The molecular weight excluding hydrogens is 382 g/mol. The van der Waals surface area contributed by atoms with E-state index >= 15 is 0 Å². The highest BCUT2D eigenvalue weighted by atomic mass is 35.5. The fraction of sp³-hybridized carbons (Fsp3) is 0.300. The Balaban J connectivity index is 1.78. The summed E-state index contributed by atoms with van der Waals surface area (Å²) in [4.78, 5) is 26.5. The van der Waals surface area contributed by atoms with Crippen LogP contribution in [0.25, 0.3) is 0 Å². The van der Waals surface area contributed by atoms with E-state index in [1.54, 1.807) is 48.3 Å². The van der Waals surface area contributed by atoms with Gasteiger partial charge in [0.05, 0.1) is 23.9 Å². The Morgan fingerprint density at radius 2 is 1.96 bits per heavy atom. The second-order valence-corrected chi connectivity index (χ2v) is 7.58. The third-order valence-electron chi connectivity index (χ3n) is 4.46. The molecule has 28 heavy (non-hydrogen) atoms. The van der Waals surface area contributed by atoms with E-state index in [0.717, 1.165) is 0 Å². The first-order valence-electron chi connectivity index (χ1n) is 8.68. The predicted octanol–water partition coefficient (Wildman–Crippen LogP) is 4.37. The highest BCUT2D eigenvalue weighted by Crippen LogP contribution is 2.37. The molecule has 0 saturated carbocycles. The summed E-state index contributed by atoms with van der Waals surface area (Å²) in [7, 11) is 3.22. The summed E-state index contributed by atoms with van der Waals surface area (Å²) in [6.07, 6.45) is 0. The maximum absolute atomic E-state index is 12.5. The first-order valence-corrected chi connectivity index (χ1v) is 9.05. The molecule has 2 aromatic rings. The van der Waals surface area contributed by atoms with Crippen LogP contribution in [0, 0.1) is 5.41 Å². The fourth-order valence-corrected chi connectivity index (χ4v) is 3.10. The van der Waals surface area contributed by atoms with Crippen molar-refractivity contribution < 1.29 is 19.1 Å². The average Bonchev–Trinajstić information content (AvgIpc) is 2.72. The lowest BCUT2D eigenvalue weighted by molar-refractivity contribution is -0.127. The van der Waals surface area contributed by atoms with Crippen molar-refractivity contribution in [3.05, 3.63) is 41.4 Å². The van der Waals surface area contributed by atoms with Crippen LogP contribution in [-0.4, -0.2) is 32.7 Å². The van der Waals surface area contributed by atoms with Crippen molar-refractivity contribution >= 4 is 40.6 Å². The molecule has 3 amide bonds. The molecule has 0 unspecified atom stereocenters. The number of urea groups is 1. The molecule has 8 heteroatoms. The first-order chi connectivity index (χ1) is 13.2. The van der Waals surface area contributed by atoms with Crippen molar-refractivity contribution in [3.8, 4) is 11.5 Å². The van der Waals surface area contributed by atoms with E-state index in [1.165, 1.54) is 7.11 Å². The Kier molecular flexibility index (Phi) is 5.38. The topological polar surface area (TPSA) is 79.9 Å². The number of anilines is 3. The molecule has 0 bridgehead atoms. The third kappa shape index (κ3) is 3.99. The number of ether oxygens (including phenoxy) is 2. The third-order valence-corrected chi connectivity index (χ3v) is 4.70. The Morgan fingerprint density at radius 1 is 1.21 bits per heavy atom. The summed E-state index contributed by atoms with van der Waals surface area (Å²) in [5.41, 5.74) is 0.989. The summed E-state index contributed by atoms with van der Waals surface area (Å²) in [5, 5.41) is 5.93. The van der Waals surface area contributed by atoms with Crippen LogP contribution >= 0.6 is 11.6 Å². The van der Waals surface area contributed by atoms with Gasteiger partial charge >= 0.3 is 6.03 Å². The van der Waals surface area contributed by atoms with Gasteiger partial charge in [-0.05, 0) is 44.2 Å². The van der Waals surface area contributed by atoms with E-state index in [-0.39, 0.29) is 12.5 Å². The minimum Gasteiger partial charge on any atom is -0.495 e. The molecule has 3 rings (SSSR count). The van der Waals surface area contributed by atoms with Crippen molar-refractivity contribution in [2.75, 3.05) is 36.3 Å². The maximum atomic E-state index is 12.5. The van der Waals surface area contributed by atoms with Crippen LogP contribution in [0.5, 0.6) is 11.5 Å². The fourth-order valence-electron chi connectivity index (χ4n) is 2.93. The smallest absolute Gasteiger partial charge is 0.323 e. The minimum atomic E-state index is -0.637. The number of nitrogens with one attached hydrogen (secondary N) is 2. The predicted molar refractivity (Wildman–Crippen MR) is 110 cm³/mol. The van der Waals surface area contributed by atoms with Crippen molar-refractivity contribution in [1.82, 2.24) is 0 Å². The molecule has 0 atom stereocenters. The van der Waals surface area contributed by atoms with Crippen molar-refractivity contribution in [3.63, 3.8) is 0 Å². The molecule has 0 radical (unpaired) electrons. The normalized spacial score (nSPS) is 15.2. The zero-order valence-corrected chi connectivity index (χ0v) is 16.9. The number of carbonyl (C=O) groups is 2. The largest absolute Gasteiger partial charge is 0.495 e. The molecule has 1 heterocycles. The summed E-state index contributed by atoms with van der Waals surface area (Å²) >= 11 is 5.98. The minimum absolute atomic E-state index is 0.0299. The van der Waals surface area contributed by atoms with Gasteiger partial charge in [0.2, 0.25) is 5.91 Å². The molecule has 2 N–H and O–H groups in total. The molecule has 148 valence electrons. The molecule has 7 nitrogen and oxygen atoms in total. The summed E-state index contributed by atoms with van der Waals surface area (Å²) < 4.78 is 11.0. The maximum Gasteiger partial charge on any atom is 0.323 e. The van der Waals surface area contributed by atoms with Gasteiger partial charge in [-0.2, -0.15) is 0 Å². The molecular formula is C20H22ClN3O4. The Hall–Kier alpha value is -2.93. The molecule has 0 spiro atoms. The van der Waals surface area contributed by atoms with Gasteiger partial charge in [0, 0.05) is 23.8 Å².